The molecule has 1 atom stereocenters. The van der Waals surface area contributed by atoms with Crippen LogP contribution in [0.1, 0.15) is 78.1 Å². The topological polar surface area (TPSA) is 54.4 Å². The van der Waals surface area contributed by atoms with Crippen LogP contribution in [0, 0.1) is 0 Å². The molecular formula is C24H28O3S. The van der Waals surface area contributed by atoms with Gasteiger partial charge in [0.1, 0.15) is 0 Å². The molecule has 0 aliphatic carbocycles. The molecule has 0 saturated carbocycles. The average Bonchev–Trinajstić information content (AvgIpc) is 3.18. The summed E-state index contributed by atoms with van der Waals surface area (Å²) in [5, 5.41) is 9.38. The second-order valence-electron chi connectivity index (χ2n) is 7.55. The molecule has 1 aliphatic rings. The Morgan fingerprint density at radius 2 is 1.86 bits per heavy atom. The van der Waals surface area contributed by atoms with Crippen molar-refractivity contribution in [2.45, 2.75) is 63.2 Å². The molecule has 1 aliphatic heterocycles. The molecular weight excluding hydrogens is 368 g/mol. The number of ketones is 1. The van der Waals surface area contributed by atoms with Gasteiger partial charge in [-0.25, -0.2) is 0 Å². The first-order chi connectivity index (χ1) is 13.5. The van der Waals surface area contributed by atoms with Crippen LogP contribution in [0.2, 0.25) is 0 Å². The molecule has 3 nitrogen and oxygen atoms in total. The van der Waals surface area contributed by atoms with Crippen molar-refractivity contribution in [1.29, 1.82) is 0 Å². The van der Waals surface area contributed by atoms with Crippen molar-refractivity contribution in [2.24, 2.45) is 0 Å². The van der Waals surface area contributed by atoms with Gasteiger partial charge >= 0.3 is 5.97 Å². The summed E-state index contributed by atoms with van der Waals surface area (Å²) in [5.74, 6) is -0.552. The number of benzene rings is 2. The fraction of sp³-hybridized carbons (Fsp3) is 0.417. The van der Waals surface area contributed by atoms with Gasteiger partial charge in [0.15, 0.2) is 5.78 Å². The molecule has 0 saturated heterocycles. The number of aliphatic carboxylic acids is 1. The normalized spacial score (nSPS) is 13.9. The second-order valence-corrected chi connectivity index (χ2v) is 8.66. The highest BCUT2D eigenvalue weighted by atomic mass is 32.2. The fourth-order valence-corrected chi connectivity index (χ4v) is 4.81. The largest absolute Gasteiger partial charge is 0.481 e. The Morgan fingerprint density at radius 3 is 2.54 bits per heavy atom. The third kappa shape index (κ3) is 4.67. The van der Waals surface area contributed by atoms with Gasteiger partial charge in [0.2, 0.25) is 0 Å². The third-order valence-corrected chi connectivity index (χ3v) is 6.64. The van der Waals surface area contributed by atoms with Gasteiger partial charge in [0.05, 0.1) is 5.92 Å². The van der Waals surface area contributed by atoms with Gasteiger partial charge < -0.3 is 5.11 Å². The van der Waals surface area contributed by atoms with Crippen LogP contribution in [0.3, 0.4) is 0 Å². The van der Waals surface area contributed by atoms with Crippen molar-refractivity contribution in [3.63, 3.8) is 0 Å². The third-order valence-electron chi connectivity index (χ3n) is 5.46. The monoisotopic (exact) mass is 396 g/mol. The molecule has 3 rings (SSSR count). The summed E-state index contributed by atoms with van der Waals surface area (Å²) in [6, 6.07) is 11.7. The highest BCUT2D eigenvalue weighted by molar-refractivity contribution is 7.99. The van der Waals surface area contributed by atoms with Gasteiger partial charge in [0.25, 0.3) is 0 Å². The summed E-state index contributed by atoms with van der Waals surface area (Å²) >= 11 is 1.70. The number of carbonyl (C=O) groups excluding carboxylic acids is 1. The number of hydrogen-bond acceptors (Lipinski definition) is 3. The van der Waals surface area contributed by atoms with Gasteiger partial charge in [0, 0.05) is 21.8 Å². The molecule has 148 valence electrons. The molecule has 0 aromatic heterocycles. The molecule has 0 amide bonds. The lowest BCUT2D eigenvalue weighted by Gasteiger charge is -2.13. The quantitative estimate of drug-likeness (QED) is 0.425. The number of hydrogen-bond donors (Lipinski definition) is 1. The number of carbonyl (C=O) groups is 2. The van der Waals surface area contributed by atoms with E-state index in [1.54, 1.807) is 24.8 Å². The molecule has 2 aromatic carbocycles. The Kier molecular flexibility index (Phi) is 6.95. The van der Waals surface area contributed by atoms with Crippen LogP contribution in [-0.4, -0.2) is 22.6 Å². The smallest absolute Gasteiger partial charge is 0.310 e. The lowest BCUT2D eigenvalue weighted by molar-refractivity contribution is -0.138. The van der Waals surface area contributed by atoms with Crippen molar-refractivity contribution < 1.29 is 14.7 Å². The van der Waals surface area contributed by atoms with Gasteiger partial charge in [-0.1, -0.05) is 56.5 Å². The maximum Gasteiger partial charge on any atom is 0.310 e. The number of aryl methyl sites for hydroxylation is 2. The van der Waals surface area contributed by atoms with Crippen LogP contribution in [0.25, 0.3) is 0 Å². The first kappa shape index (κ1) is 20.7. The molecule has 0 spiro atoms. The molecule has 0 bridgehead atoms. The lowest BCUT2D eigenvalue weighted by Crippen LogP contribution is -2.11. The first-order valence-corrected chi connectivity index (χ1v) is 11.2. The van der Waals surface area contributed by atoms with E-state index < -0.39 is 11.9 Å². The van der Waals surface area contributed by atoms with E-state index in [4.69, 9.17) is 0 Å². The van der Waals surface area contributed by atoms with E-state index in [0.717, 1.165) is 29.1 Å². The molecule has 1 heterocycles. The summed E-state index contributed by atoms with van der Waals surface area (Å²) in [7, 11) is 0. The van der Waals surface area contributed by atoms with Crippen molar-refractivity contribution in [2.75, 3.05) is 5.75 Å². The van der Waals surface area contributed by atoms with Crippen molar-refractivity contribution in [1.82, 2.24) is 0 Å². The van der Waals surface area contributed by atoms with Crippen LogP contribution in [-0.2, 0) is 17.6 Å². The fourth-order valence-electron chi connectivity index (χ4n) is 3.63. The Labute approximate surface area is 171 Å². The van der Waals surface area contributed by atoms with Crippen molar-refractivity contribution in [3.05, 3.63) is 64.2 Å². The van der Waals surface area contributed by atoms with Gasteiger partial charge in [-0.2, -0.15) is 0 Å². The molecule has 1 unspecified atom stereocenters. The predicted molar refractivity (Wildman–Crippen MR) is 115 cm³/mol. The number of carboxylic acids is 1. The minimum Gasteiger partial charge on any atom is -0.481 e. The van der Waals surface area contributed by atoms with E-state index >= 15 is 0 Å². The Balaban J connectivity index is 1.83. The van der Waals surface area contributed by atoms with Crippen molar-refractivity contribution in [3.8, 4) is 0 Å². The lowest BCUT2D eigenvalue weighted by atomic mass is 9.92. The molecule has 28 heavy (non-hydrogen) atoms. The minimum atomic E-state index is -0.864. The molecule has 1 N–H and O–H groups in total. The predicted octanol–water partition coefficient (Wildman–Crippen LogP) is 5.88. The standard InChI is InChI=1S/C24H28O3S/c1-3-4-5-6-7-17-8-10-18(11-9-17)22(25)21-15-20(16(2)24(26)27)14-19-12-13-28-23(19)21/h8-11,14-16H,3-7,12-13H2,1-2H3,(H,26,27). The van der Waals surface area contributed by atoms with E-state index in [1.165, 1.54) is 31.2 Å². The summed E-state index contributed by atoms with van der Waals surface area (Å²) in [6.45, 7) is 3.88. The molecule has 2 aromatic rings. The SMILES string of the molecule is CCCCCCc1ccc(C(=O)c2cc(C(C)C(=O)O)cc3c2SCC3)cc1. The van der Waals surface area contributed by atoms with Gasteiger partial charge in [-0.15, -0.1) is 11.8 Å². The van der Waals surface area contributed by atoms with Gasteiger partial charge in [-0.05, 0) is 48.9 Å². The Bertz CT molecular complexity index is 855. The molecule has 4 heteroatoms. The Morgan fingerprint density at radius 1 is 1.11 bits per heavy atom. The summed E-state index contributed by atoms with van der Waals surface area (Å²) in [5.41, 5.74) is 4.41. The second kappa shape index (κ2) is 9.42. The van der Waals surface area contributed by atoms with Crippen LogP contribution in [0.4, 0.5) is 0 Å². The van der Waals surface area contributed by atoms with Crippen molar-refractivity contribution >= 4 is 23.5 Å². The number of unbranched alkanes of at least 4 members (excludes halogenated alkanes) is 3. The van der Waals surface area contributed by atoms with E-state index in [0.29, 0.717) is 16.7 Å². The first-order valence-electron chi connectivity index (χ1n) is 10.2. The average molecular weight is 397 g/mol. The van der Waals surface area contributed by atoms with E-state index in [-0.39, 0.29) is 5.78 Å². The number of thioether (sulfide) groups is 1. The van der Waals surface area contributed by atoms with E-state index in [2.05, 4.69) is 19.1 Å². The maximum atomic E-state index is 13.2. The number of carboxylic acid groups (broad SMARTS) is 1. The minimum absolute atomic E-state index is 0.0115. The zero-order valence-electron chi connectivity index (χ0n) is 16.7. The number of fused-ring (bicyclic) bond motifs is 1. The van der Waals surface area contributed by atoms with Crippen LogP contribution in [0.15, 0.2) is 41.3 Å². The highest BCUT2D eigenvalue weighted by Crippen LogP contribution is 2.38. The van der Waals surface area contributed by atoms with Crippen LogP contribution < -0.4 is 0 Å². The van der Waals surface area contributed by atoms with Crippen LogP contribution in [0.5, 0.6) is 0 Å². The van der Waals surface area contributed by atoms with Crippen LogP contribution >= 0.6 is 11.8 Å². The maximum absolute atomic E-state index is 13.2. The molecule has 0 fully saturated rings. The zero-order chi connectivity index (χ0) is 20.1. The Hall–Kier alpha value is -2.07. The van der Waals surface area contributed by atoms with E-state index in [9.17, 15) is 14.7 Å². The number of rotatable bonds is 9. The summed E-state index contributed by atoms with van der Waals surface area (Å²) in [4.78, 5) is 25.6. The van der Waals surface area contributed by atoms with E-state index in [1.807, 2.05) is 18.2 Å². The summed E-state index contributed by atoms with van der Waals surface area (Å²) in [6.07, 6.45) is 6.86. The molecule has 0 radical (unpaired) electrons. The van der Waals surface area contributed by atoms with Gasteiger partial charge in [-0.3, -0.25) is 9.59 Å². The highest BCUT2D eigenvalue weighted by Gasteiger charge is 2.25. The zero-order valence-corrected chi connectivity index (χ0v) is 17.5. The summed E-state index contributed by atoms with van der Waals surface area (Å²) < 4.78 is 0.